The van der Waals surface area contributed by atoms with Gasteiger partial charge in [-0.05, 0) is 12.3 Å². The molecule has 0 radical (unpaired) electrons. The van der Waals surface area contributed by atoms with Crippen LogP contribution in [0.2, 0.25) is 0 Å². The molecule has 0 spiro atoms. The zero-order valence-electron chi connectivity index (χ0n) is 10.2. The van der Waals surface area contributed by atoms with Crippen LogP contribution in [0.25, 0.3) is 0 Å². The SMILES string of the molecule is CCC(NC(=O)c1cc(C(=O)O)co1)C(C)C. The molecular weight excluding hydrogens is 222 g/mol. The van der Waals surface area contributed by atoms with Crippen LogP contribution in [0.5, 0.6) is 0 Å². The van der Waals surface area contributed by atoms with Crippen molar-refractivity contribution in [1.29, 1.82) is 0 Å². The van der Waals surface area contributed by atoms with Gasteiger partial charge in [0.05, 0.1) is 5.56 Å². The van der Waals surface area contributed by atoms with E-state index >= 15 is 0 Å². The molecule has 0 aliphatic heterocycles. The van der Waals surface area contributed by atoms with Crippen molar-refractivity contribution in [3.63, 3.8) is 0 Å². The maximum Gasteiger partial charge on any atom is 0.338 e. The van der Waals surface area contributed by atoms with Crippen LogP contribution in [0, 0.1) is 5.92 Å². The summed E-state index contributed by atoms with van der Waals surface area (Å²) in [5.41, 5.74) is -0.0206. The number of furan rings is 1. The van der Waals surface area contributed by atoms with Gasteiger partial charge in [0.15, 0.2) is 5.76 Å². The summed E-state index contributed by atoms with van der Waals surface area (Å²) in [7, 11) is 0. The van der Waals surface area contributed by atoms with Crippen molar-refractivity contribution >= 4 is 11.9 Å². The van der Waals surface area contributed by atoms with E-state index in [1.807, 2.05) is 20.8 Å². The van der Waals surface area contributed by atoms with E-state index in [0.717, 1.165) is 12.7 Å². The molecule has 5 nitrogen and oxygen atoms in total. The molecule has 0 aliphatic carbocycles. The predicted octanol–water partition coefficient (Wildman–Crippen LogP) is 2.14. The minimum absolute atomic E-state index is 0.0206. The number of carboxylic acids is 1. The standard InChI is InChI=1S/C12H17NO4/c1-4-9(7(2)3)13-11(14)10-5-8(6-17-10)12(15)16/h5-7,9H,4H2,1-3H3,(H,13,14)(H,15,16). The van der Waals surface area contributed by atoms with Gasteiger partial charge >= 0.3 is 5.97 Å². The lowest BCUT2D eigenvalue weighted by molar-refractivity contribution is 0.0695. The molecular formula is C12H17NO4. The van der Waals surface area contributed by atoms with Crippen LogP contribution in [0.3, 0.4) is 0 Å². The highest BCUT2D eigenvalue weighted by molar-refractivity contribution is 5.95. The number of amides is 1. The Labute approximate surface area is 99.8 Å². The summed E-state index contributed by atoms with van der Waals surface area (Å²) in [5.74, 6) is -1.14. The average molecular weight is 239 g/mol. The Morgan fingerprint density at radius 3 is 2.53 bits per heavy atom. The van der Waals surface area contributed by atoms with Gasteiger partial charge in [-0.15, -0.1) is 0 Å². The van der Waals surface area contributed by atoms with E-state index in [1.54, 1.807) is 0 Å². The highest BCUT2D eigenvalue weighted by Crippen LogP contribution is 2.10. The van der Waals surface area contributed by atoms with Crippen molar-refractivity contribution < 1.29 is 19.1 Å². The van der Waals surface area contributed by atoms with E-state index in [0.29, 0.717) is 5.92 Å². The van der Waals surface area contributed by atoms with Crippen LogP contribution in [0.1, 0.15) is 48.1 Å². The molecule has 1 atom stereocenters. The molecule has 0 fully saturated rings. The second-order valence-electron chi connectivity index (χ2n) is 4.24. The molecule has 17 heavy (non-hydrogen) atoms. The van der Waals surface area contributed by atoms with Gasteiger partial charge in [-0.1, -0.05) is 20.8 Å². The summed E-state index contributed by atoms with van der Waals surface area (Å²) < 4.78 is 4.92. The quantitative estimate of drug-likeness (QED) is 0.825. The van der Waals surface area contributed by atoms with Gasteiger partial charge in [-0.3, -0.25) is 4.79 Å². The Bertz CT molecular complexity index is 408. The van der Waals surface area contributed by atoms with E-state index in [1.165, 1.54) is 6.07 Å². The summed E-state index contributed by atoms with van der Waals surface area (Å²) in [6, 6.07) is 1.28. The first-order valence-electron chi connectivity index (χ1n) is 5.58. The summed E-state index contributed by atoms with van der Waals surface area (Å²) in [4.78, 5) is 22.4. The number of hydrogen-bond donors (Lipinski definition) is 2. The fourth-order valence-electron chi connectivity index (χ4n) is 1.55. The van der Waals surface area contributed by atoms with Crippen molar-refractivity contribution in [3.05, 3.63) is 23.7 Å². The Morgan fingerprint density at radius 2 is 2.12 bits per heavy atom. The Balaban J connectivity index is 2.72. The predicted molar refractivity (Wildman–Crippen MR) is 62.1 cm³/mol. The van der Waals surface area contributed by atoms with Crippen LogP contribution in [0.15, 0.2) is 16.7 Å². The third-order valence-corrected chi connectivity index (χ3v) is 2.63. The number of nitrogens with one attached hydrogen (secondary N) is 1. The molecule has 5 heteroatoms. The zero-order chi connectivity index (χ0) is 13.0. The Hall–Kier alpha value is -1.78. The van der Waals surface area contributed by atoms with Crippen molar-refractivity contribution in [3.8, 4) is 0 Å². The molecule has 94 valence electrons. The van der Waals surface area contributed by atoms with E-state index in [-0.39, 0.29) is 23.3 Å². The molecule has 0 aromatic carbocycles. The molecule has 1 rings (SSSR count). The summed E-state index contributed by atoms with van der Waals surface area (Å²) in [6.07, 6.45) is 1.88. The molecule has 1 amide bonds. The first-order chi connectivity index (χ1) is 7.95. The minimum atomic E-state index is -1.11. The molecule has 0 bridgehead atoms. The largest absolute Gasteiger partial charge is 0.478 e. The molecule has 0 aliphatic rings. The molecule has 0 saturated heterocycles. The lowest BCUT2D eigenvalue weighted by atomic mass is 10.0. The third-order valence-electron chi connectivity index (χ3n) is 2.63. The molecule has 2 N–H and O–H groups in total. The molecule has 1 aromatic rings. The highest BCUT2D eigenvalue weighted by atomic mass is 16.4. The van der Waals surface area contributed by atoms with Crippen molar-refractivity contribution in [2.45, 2.75) is 33.2 Å². The van der Waals surface area contributed by atoms with Gasteiger partial charge in [0.25, 0.3) is 5.91 Å². The fourth-order valence-corrected chi connectivity index (χ4v) is 1.55. The molecule has 1 heterocycles. The first kappa shape index (κ1) is 13.3. The van der Waals surface area contributed by atoms with Crippen LogP contribution in [-0.2, 0) is 0 Å². The average Bonchev–Trinajstić information content (AvgIpc) is 2.74. The lowest BCUT2D eigenvalue weighted by Gasteiger charge is -2.19. The van der Waals surface area contributed by atoms with Gasteiger partial charge in [-0.25, -0.2) is 4.79 Å². The van der Waals surface area contributed by atoms with Crippen LogP contribution in [-0.4, -0.2) is 23.0 Å². The number of carbonyl (C=O) groups is 2. The van der Waals surface area contributed by atoms with E-state index < -0.39 is 5.97 Å². The number of carboxylic acid groups (broad SMARTS) is 1. The van der Waals surface area contributed by atoms with Gasteiger partial charge in [0.2, 0.25) is 0 Å². The summed E-state index contributed by atoms with van der Waals surface area (Å²) in [5, 5.41) is 11.5. The molecule has 1 aromatic heterocycles. The van der Waals surface area contributed by atoms with E-state index in [2.05, 4.69) is 5.32 Å². The minimum Gasteiger partial charge on any atom is -0.478 e. The van der Waals surface area contributed by atoms with E-state index in [9.17, 15) is 9.59 Å². The second kappa shape index (κ2) is 5.52. The second-order valence-corrected chi connectivity index (χ2v) is 4.24. The van der Waals surface area contributed by atoms with Crippen molar-refractivity contribution in [2.24, 2.45) is 5.92 Å². The number of aromatic carboxylic acids is 1. The summed E-state index contributed by atoms with van der Waals surface area (Å²) in [6.45, 7) is 6.01. The monoisotopic (exact) mass is 239 g/mol. The Morgan fingerprint density at radius 1 is 1.47 bits per heavy atom. The third kappa shape index (κ3) is 3.34. The summed E-state index contributed by atoms with van der Waals surface area (Å²) >= 11 is 0. The topological polar surface area (TPSA) is 79.5 Å². The normalized spacial score (nSPS) is 12.5. The Kier molecular flexibility index (Phi) is 4.31. The number of carbonyl (C=O) groups excluding carboxylic acids is 1. The maximum absolute atomic E-state index is 11.8. The fraction of sp³-hybridized carbons (Fsp3) is 0.500. The smallest absolute Gasteiger partial charge is 0.338 e. The zero-order valence-corrected chi connectivity index (χ0v) is 10.2. The van der Waals surface area contributed by atoms with Gasteiger partial charge in [-0.2, -0.15) is 0 Å². The van der Waals surface area contributed by atoms with Gasteiger partial charge in [0.1, 0.15) is 6.26 Å². The number of rotatable bonds is 5. The van der Waals surface area contributed by atoms with Crippen LogP contribution < -0.4 is 5.32 Å². The van der Waals surface area contributed by atoms with Crippen molar-refractivity contribution in [2.75, 3.05) is 0 Å². The van der Waals surface area contributed by atoms with Crippen LogP contribution in [0.4, 0.5) is 0 Å². The van der Waals surface area contributed by atoms with E-state index in [4.69, 9.17) is 9.52 Å². The molecule has 1 unspecified atom stereocenters. The van der Waals surface area contributed by atoms with Gasteiger partial charge < -0.3 is 14.8 Å². The lowest BCUT2D eigenvalue weighted by Crippen LogP contribution is -2.37. The maximum atomic E-state index is 11.8. The van der Waals surface area contributed by atoms with Crippen LogP contribution >= 0.6 is 0 Å². The van der Waals surface area contributed by atoms with Gasteiger partial charge in [0, 0.05) is 12.1 Å². The first-order valence-corrected chi connectivity index (χ1v) is 5.58. The van der Waals surface area contributed by atoms with Crippen molar-refractivity contribution in [1.82, 2.24) is 5.32 Å². The molecule has 0 saturated carbocycles. The number of hydrogen-bond acceptors (Lipinski definition) is 3. The highest BCUT2D eigenvalue weighted by Gasteiger charge is 2.19.